The van der Waals surface area contributed by atoms with Crippen molar-refractivity contribution < 1.29 is 19.3 Å². The van der Waals surface area contributed by atoms with Crippen LogP contribution in [0.5, 0.6) is 0 Å². The van der Waals surface area contributed by atoms with Crippen LogP contribution in [0.3, 0.4) is 0 Å². The third-order valence-electron chi connectivity index (χ3n) is 5.22. The quantitative estimate of drug-likeness (QED) is 0.301. The van der Waals surface area contributed by atoms with Crippen LogP contribution < -0.4 is 0 Å². The van der Waals surface area contributed by atoms with Crippen molar-refractivity contribution in [1.82, 2.24) is 0 Å². The fourth-order valence-electron chi connectivity index (χ4n) is 3.29. The maximum absolute atomic E-state index is 11.6. The van der Waals surface area contributed by atoms with E-state index < -0.39 is 0 Å². The van der Waals surface area contributed by atoms with E-state index in [0.717, 1.165) is 38.5 Å². The first-order valence-electron chi connectivity index (χ1n) is 9.79. The lowest BCUT2D eigenvalue weighted by atomic mass is 9.81. The Kier molecular flexibility index (Phi) is 10.1. The molecule has 0 aromatic heterocycles. The fraction of sp³-hybridized carbons (Fsp3) is 0.762. The van der Waals surface area contributed by atoms with E-state index in [9.17, 15) is 4.79 Å². The number of rotatable bonds is 10. The normalized spacial score (nSPS) is 28.5. The molecule has 0 N–H and O–H groups in total. The standard InChI is InChI=1S/C21H36O4/c1-6-10-12-17(7-2)13-11-14-21(9-4)16-18(8-3)19(24-25-21)15-20(22)23-5/h10-12,14,17-19H,6-9,13,15-16H2,1-5H3. The second-order valence-electron chi connectivity index (χ2n) is 6.93. The molecule has 0 bridgehead atoms. The molecule has 4 nitrogen and oxygen atoms in total. The third-order valence-corrected chi connectivity index (χ3v) is 5.22. The topological polar surface area (TPSA) is 44.8 Å². The lowest BCUT2D eigenvalue weighted by Gasteiger charge is -2.41. The van der Waals surface area contributed by atoms with Crippen LogP contribution in [0.25, 0.3) is 0 Å². The second-order valence-corrected chi connectivity index (χ2v) is 6.93. The zero-order valence-electron chi connectivity index (χ0n) is 16.6. The molecular formula is C21H36O4. The minimum atomic E-state index is -0.389. The summed E-state index contributed by atoms with van der Waals surface area (Å²) in [6.07, 6.45) is 14.9. The molecule has 4 heteroatoms. The van der Waals surface area contributed by atoms with Crippen molar-refractivity contribution in [3.63, 3.8) is 0 Å². The lowest BCUT2D eigenvalue weighted by molar-refractivity contribution is -0.409. The van der Waals surface area contributed by atoms with E-state index in [2.05, 4.69) is 52.0 Å². The Hall–Kier alpha value is -1.13. The van der Waals surface area contributed by atoms with E-state index in [4.69, 9.17) is 14.5 Å². The van der Waals surface area contributed by atoms with Crippen LogP contribution in [-0.4, -0.2) is 24.8 Å². The summed E-state index contributed by atoms with van der Waals surface area (Å²) in [5.41, 5.74) is -0.389. The summed E-state index contributed by atoms with van der Waals surface area (Å²) in [4.78, 5) is 23.0. The average molecular weight is 353 g/mol. The number of hydrogen-bond acceptors (Lipinski definition) is 4. The predicted molar refractivity (Wildman–Crippen MR) is 101 cm³/mol. The highest BCUT2D eigenvalue weighted by Crippen LogP contribution is 2.38. The van der Waals surface area contributed by atoms with Gasteiger partial charge in [0, 0.05) is 0 Å². The molecule has 0 amide bonds. The van der Waals surface area contributed by atoms with E-state index in [1.165, 1.54) is 7.11 Å². The van der Waals surface area contributed by atoms with Gasteiger partial charge < -0.3 is 4.74 Å². The molecule has 144 valence electrons. The first-order valence-corrected chi connectivity index (χ1v) is 9.79. The number of hydrogen-bond donors (Lipinski definition) is 0. The molecule has 1 rings (SSSR count). The molecule has 4 atom stereocenters. The Morgan fingerprint density at radius 1 is 1.28 bits per heavy atom. The Labute approximate surface area is 153 Å². The summed E-state index contributed by atoms with van der Waals surface area (Å²) in [6.45, 7) is 8.64. The largest absolute Gasteiger partial charge is 0.469 e. The van der Waals surface area contributed by atoms with Crippen molar-refractivity contribution in [2.45, 2.75) is 84.3 Å². The monoisotopic (exact) mass is 352 g/mol. The maximum Gasteiger partial charge on any atom is 0.308 e. The van der Waals surface area contributed by atoms with Gasteiger partial charge in [-0.05, 0) is 43.9 Å². The van der Waals surface area contributed by atoms with Gasteiger partial charge in [0.15, 0.2) is 0 Å². The van der Waals surface area contributed by atoms with Crippen molar-refractivity contribution in [2.75, 3.05) is 7.11 Å². The van der Waals surface area contributed by atoms with Gasteiger partial charge in [0.1, 0.15) is 11.7 Å². The van der Waals surface area contributed by atoms with Crippen molar-refractivity contribution >= 4 is 5.97 Å². The van der Waals surface area contributed by atoms with Gasteiger partial charge in [-0.25, -0.2) is 9.78 Å². The van der Waals surface area contributed by atoms with Crippen molar-refractivity contribution in [3.05, 3.63) is 24.3 Å². The summed E-state index contributed by atoms with van der Waals surface area (Å²) in [5, 5.41) is 0. The Morgan fingerprint density at radius 2 is 2.04 bits per heavy atom. The minimum Gasteiger partial charge on any atom is -0.469 e. The molecule has 0 aromatic rings. The van der Waals surface area contributed by atoms with Crippen molar-refractivity contribution in [2.24, 2.45) is 11.8 Å². The van der Waals surface area contributed by atoms with Crippen molar-refractivity contribution in [1.29, 1.82) is 0 Å². The Bertz CT molecular complexity index is 443. The molecule has 0 aliphatic carbocycles. The van der Waals surface area contributed by atoms with Crippen LogP contribution in [0.15, 0.2) is 24.3 Å². The van der Waals surface area contributed by atoms with Gasteiger partial charge in [-0.2, -0.15) is 0 Å². The SMILES string of the molecule is CCC=CC(CC)CC=CC1(CC)CC(CC)C(CC(=O)OC)OO1. The minimum absolute atomic E-state index is 0.221. The maximum atomic E-state index is 11.6. The van der Waals surface area contributed by atoms with Gasteiger partial charge in [-0.1, -0.05) is 58.4 Å². The third kappa shape index (κ3) is 6.95. The van der Waals surface area contributed by atoms with Crippen LogP contribution in [0.1, 0.15) is 72.6 Å². The highest BCUT2D eigenvalue weighted by molar-refractivity contribution is 5.69. The summed E-state index contributed by atoms with van der Waals surface area (Å²) in [6, 6.07) is 0. The number of carbonyl (C=O) groups excluding carboxylic acids is 1. The predicted octanol–water partition coefficient (Wildman–Crippen LogP) is 5.38. The molecule has 1 fully saturated rings. The van der Waals surface area contributed by atoms with Gasteiger partial charge >= 0.3 is 5.97 Å². The van der Waals surface area contributed by atoms with Gasteiger partial charge in [-0.15, -0.1) is 0 Å². The Balaban J connectivity index is 2.71. The van der Waals surface area contributed by atoms with Gasteiger partial charge in [0.25, 0.3) is 0 Å². The van der Waals surface area contributed by atoms with Gasteiger partial charge in [-0.3, -0.25) is 4.79 Å². The van der Waals surface area contributed by atoms with E-state index in [1.807, 2.05) is 0 Å². The van der Waals surface area contributed by atoms with E-state index in [1.54, 1.807) is 0 Å². The molecule has 0 aromatic carbocycles. The Morgan fingerprint density at radius 3 is 2.60 bits per heavy atom. The van der Waals surface area contributed by atoms with E-state index in [0.29, 0.717) is 11.8 Å². The summed E-state index contributed by atoms with van der Waals surface area (Å²) in [7, 11) is 1.41. The molecule has 4 unspecified atom stereocenters. The zero-order valence-corrected chi connectivity index (χ0v) is 16.6. The number of esters is 1. The number of carbonyl (C=O) groups is 1. The molecule has 25 heavy (non-hydrogen) atoms. The smallest absolute Gasteiger partial charge is 0.308 e. The van der Waals surface area contributed by atoms with Gasteiger partial charge in [0.05, 0.1) is 13.5 Å². The number of allylic oxidation sites excluding steroid dienone is 3. The summed E-state index contributed by atoms with van der Waals surface area (Å²) < 4.78 is 4.76. The first kappa shape index (κ1) is 21.9. The van der Waals surface area contributed by atoms with E-state index >= 15 is 0 Å². The molecule has 1 aliphatic rings. The van der Waals surface area contributed by atoms with Crippen LogP contribution >= 0.6 is 0 Å². The van der Waals surface area contributed by atoms with Gasteiger partial charge in [0.2, 0.25) is 0 Å². The molecule has 0 spiro atoms. The molecule has 1 aliphatic heterocycles. The molecule has 1 saturated heterocycles. The summed E-state index contributed by atoms with van der Waals surface area (Å²) in [5.74, 6) is 0.614. The highest BCUT2D eigenvalue weighted by atomic mass is 17.2. The van der Waals surface area contributed by atoms with Crippen LogP contribution in [0.2, 0.25) is 0 Å². The van der Waals surface area contributed by atoms with E-state index in [-0.39, 0.29) is 24.1 Å². The fourth-order valence-corrected chi connectivity index (χ4v) is 3.29. The van der Waals surface area contributed by atoms with Crippen LogP contribution in [0, 0.1) is 11.8 Å². The molecule has 0 saturated carbocycles. The highest BCUT2D eigenvalue weighted by Gasteiger charge is 2.41. The summed E-state index contributed by atoms with van der Waals surface area (Å²) >= 11 is 0. The lowest BCUT2D eigenvalue weighted by Crippen LogP contribution is -2.44. The number of ether oxygens (including phenoxy) is 1. The average Bonchev–Trinajstić information content (AvgIpc) is 2.65. The molecule has 1 heterocycles. The number of methoxy groups -OCH3 is 1. The van der Waals surface area contributed by atoms with Crippen LogP contribution in [0.4, 0.5) is 0 Å². The zero-order chi connectivity index (χ0) is 18.7. The van der Waals surface area contributed by atoms with Crippen molar-refractivity contribution in [3.8, 4) is 0 Å². The second kappa shape index (κ2) is 11.5. The molecular weight excluding hydrogens is 316 g/mol. The molecule has 0 radical (unpaired) electrons. The van der Waals surface area contributed by atoms with Crippen LogP contribution in [-0.2, 0) is 19.3 Å². The first-order chi connectivity index (χ1) is 12.0.